The quantitative estimate of drug-likeness (QED) is 0.864. The second kappa shape index (κ2) is 4.51. The Morgan fingerprint density at radius 3 is 2.94 bits per heavy atom. The van der Waals surface area contributed by atoms with Gasteiger partial charge in [0.2, 0.25) is 0 Å². The molecule has 0 saturated carbocycles. The molecule has 0 atom stereocenters. The normalized spacial score (nSPS) is 19.9. The minimum Gasteiger partial charge on any atom is -0.348 e. The molecule has 1 N–H and O–H groups in total. The molecule has 1 aliphatic rings. The first-order chi connectivity index (χ1) is 7.50. The lowest BCUT2D eigenvalue weighted by molar-refractivity contribution is 0.377. The van der Waals surface area contributed by atoms with Crippen LogP contribution in [-0.2, 0) is 0 Å². The smallest absolute Gasteiger partial charge is 0.143 e. The Bertz CT molecular complexity index is 395. The van der Waals surface area contributed by atoms with Crippen LogP contribution in [0.4, 0.5) is 5.82 Å². The van der Waals surface area contributed by atoms with E-state index in [2.05, 4.69) is 45.0 Å². The molecule has 1 saturated heterocycles. The van der Waals surface area contributed by atoms with Gasteiger partial charge < -0.3 is 10.2 Å². The lowest BCUT2D eigenvalue weighted by Crippen LogP contribution is -2.58. The third kappa shape index (κ3) is 2.34. The van der Waals surface area contributed by atoms with Gasteiger partial charge in [-0.05, 0) is 35.8 Å². The van der Waals surface area contributed by atoms with Crippen molar-refractivity contribution in [1.29, 1.82) is 0 Å². The Kier molecular flexibility index (Phi) is 3.42. The third-order valence-electron chi connectivity index (χ3n) is 2.84. The summed E-state index contributed by atoms with van der Waals surface area (Å²) in [7, 11) is 0. The Labute approximate surface area is 109 Å². The highest BCUT2D eigenvalue weighted by atomic mass is 79.9. The van der Waals surface area contributed by atoms with Gasteiger partial charge in [-0.3, -0.25) is 0 Å². The fraction of sp³-hybridized carbons (Fsp3) is 0.545. The van der Waals surface area contributed by atoms with Gasteiger partial charge in [0, 0.05) is 31.4 Å². The minimum atomic E-state index is 0.0710. The van der Waals surface area contributed by atoms with E-state index >= 15 is 0 Å². The molecular weight excluding hydrogens is 289 g/mol. The average Bonchev–Trinajstić information content (AvgIpc) is 2.19. The summed E-state index contributed by atoms with van der Waals surface area (Å²) >= 11 is 9.43. The maximum atomic E-state index is 5.90. The lowest BCUT2D eigenvalue weighted by Gasteiger charge is -2.44. The van der Waals surface area contributed by atoms with E-state index in [9.17, 15) is 0 Å². The lowest BCUT2D eigenvalue weighted by atomic mass is 10.0. The maximum Gasteiger partial charge on any atom is 0.143 e. The number of nitrogens with one attached hydrogen (secondary N) is 1. The van der Waals surface area contributed by atoms with E-state index in [0.717, 1.165) is 29.9 Å². The molecule has 88 valence electrons. The van der Waals surface area contributed by atoms with Crippen LogP contribution in [0.15, 0.2) is 16.7 Å². The molecule has 16 heavy (non-hydrogen) atoms. The number of pyridine rings is 1. The first-order valence-electron chi connectivity index (χ1n) is 5.30. The largest absolute Gasteiger partial charge is 0.348 e. The molecule has 0 aromatic carbocycles. The molecule has 1 aromatic rings. The average molecular weight is 305 g/mol. The summed E-state index contributed by atoms with van der Waals surface area (Å²) in [4.78, 5) is 6.73. The molecule has 0 radical (unpaired) electrons. The second-order valence-corrected chi connectivity index (χ2v) is 5.89. The van der Waals surface area contributed by atoms with E-state index in [-0.39, 0.29) is 5.54 Å². The van der Waals surface area contributed by atoms with E-state index in [1.165, 1.54) is 0 Å². The number of nitrogens with zero attached hydrogens (tertiary/aromatic N) is 2. The summed E-state index contributed by atoms with van der Waals surface area (Å²) in [5, 5.41) is 4.05. The Balaban J connectivity index is 2.35. The molecule has 0 aliphatic carbocycles. The SMILES string of the molecule is CC1(C)CNCCN1c1ncc(Cl)cc1Br. The molecule has 2 rings (SSSR count). The number of anilines is 1. The Morgan fingerprint density at radius 2 is 2.31 bits per heavy atom. The molecule has 0 unspecified atom stereocenters. The predicted molar refractivity (Wildman–Crippen MR) is 71.2 cm³/mol. The van der Waals surface area contributed by atoms with Gasteiger partial charge in [0.1, 0.15) is 5.82 Å². The summed E-state index contributed by atoms with van der Waals surface area (Å²) < 4.78 is 0.954. The Hall–Kier alpha value is -0.320. The monoisotopic (exact) mass is 303 g/mol. The highest BCUT2D eigenvalue weighted by molar-refractivity contribution is 9.10. The van der Waals surface area contributed by atoms with Crippen LogP contribution in [0.3, 0.4) is 0 Å². The van der Waals surface area contributed by atoms with Crippen molar-refractivity contribution < 1.29 is 0 Å². The number of hydrogen-bond donors (Lipinski definition) is 1. The second-order valence-electron chi connectivity index (χ2n) is 4.60. The molecule has 2 heterocycles. The molecule has 1 fully saturated rings. The van der Waals surface area contributed by atoms with Gasteiger partial charge in [-0.2, -0.15) is 0 Å². The standard InChI is InChI=1S/C11H15BrClN3/c1-11(2)7-14-3-4-16(11)10-9(12)5-8(13)6-15-10/h5-6,14H,3-4,7H2,1-2H3. The number of hydrogen-bond acceptors (Lipinski definition) is 3. The van der Waals surface area contributed by atoms with Crippen molar-refractivity contribution in [3.05, 3.63) is 21.8 Å². The van der Waals surface area contributed by atoms with E-state index in [1.54, 1.807) is 6.20 Å². The summed E-state index contributed by atoms with van der Waals surface area (Å²) in [5.41, 5.74) is 0.0710. The van der Waals surface area contributed by atoms with Gasteiger partial charge in [-0.15, -0.1) is 0 Å². The summed E-state index contributed by atoms with van der Waals surface area (Å²) in [6.07, 6.45) is 1.69. The van der Waals surface area contributed by atoms with E-state index < -0.39 is 0 Å². The summed E-state index contributed by atoms with van der Waals surface area (Å²) in [5.74, 6) is 0.968. The van der Waals surface area contributed by atoms with Crippen molar-refractivity contribution in [1.82, 2.24) is 10.3 Å². The van der Waals surface area contributed by atoms with Crippen molar-refractivity contribution in [3.8, 4) is 0 Å². The topological polar surface area (TPSA) is 28.2 Å². The van der Waals surface area contributed by atoms with Crippen LogP contribution in [0, 0.1) is 0 Å². The van der Waals surface area contributed by atoms with Gasteiger partial charge in [0.15, 0.2) is 0 Å². The zero-order valence-electron chi connectivity index (χ0n) is 9.43. The van der Waals surface area contributed by atoms with Gasteiger partial charge in [-0.1, -0.05) is 11.6 Å². The molecular formula is C11H15BrClN3. The van der Waals surface area contributed by atoms with Crippen molar-refractivity contribution in [2.45, 2.75) is 19.4 Å². The highest BCUT2D eigenvalue weighted by Crippen LogP contribution is 2.31. The fourth-order valence-corrected chi connectivity index (χ4v) is 2.83. The zero-order chi connectivity index (χ0) is 11.8. The minimum absolute atomic E-state index is 0.0710. The predicted octanol–water partition coefficient (Wildman–Crippen LogP) is 2.69. The summed E-state index contributed by atoms with van der Waals surface area (Å²) in [6.45, 7) is 7.33. The Morgan fingerprint density at radius 1 is 1.56 bits per heavy atom. The van der Waals surface area contributed by atoms with Crippen LogP contribution in [-0.4, -0.2) is 30.2 Å². The number of rotatable bonds is 1. The van der Waals surface area contributed by atoms with E-state index in [0.29, 0.717) is 5.02 Å². The molecule has 5 heteroatoms. The van der Waals surface area contributed by atoms with Crippen LogP contribution in [0.5, 0.6) is 0 Å². The first-order valence-corrected chi connectivity index (χ1v) is 6.47. The molecule has 1 aromatic heterocycles. The van der Waals surface area contributed by atoms with Crippen LogP contribution >= 0.6 is 27.5 Å². The van der Waals surface area contributed by atoms with Crippen LogP contribution in [0.2, 0.25) is 5.02 Å². The first kappa shape index (κ1) is 12.1. The molecule has 3 nitrogen and oxygen atoms in total. The number of aromatic nitrogens is 1. The molecule has 1 aliphatic heterocycles. The zero-order valence-corrected chi connectivity index (χ0v) is 11.8. The van der Waals surface area contributed by atoms with Crippen LogP contribution < -0.4 is 10.2 Å². The van der Waals surface area contributed by atoms with Crippen molar-refractivity contribution in [2.24, 2.45) is 0 Å². The number of halogens is 2. The van der Waals surface area contributed by atoms with Crippen molar-refractivity contribution in [2.75, 3.05) is 24.5 Å². The highest BCUT2D eigenvalue weighted by Gasteiger charge is 2.31. The van der Waals surface area contributed by atoms with Crippen molar-refractivity contribution >= 4 is 33.3 Å². The van der Waals surface area contributed by atoms with Gasteiger partial charge >= 0.3 is 0 Å². The molecule has 0 amide bonds. The van der Waals surface area contributed by atoms with Gasteiger partial charge in [0.05, 0.1) is 9.50 Å². The van der Waals surface area contributed by atoms with Gasteiger partial charge in [-0.25, -0.2) is 4.98 Å². The van der Waals surface area contributed by atoms with Crippen LogP contribution in [0.1, 0.15) is 13.8 Å². The van der Waals surface area contributed by atoms with E-state index in [1.807, 2.05) is 6.07 Å². The fourth-order valence-electron chi connectivity index (χ4n) is 1.98. The van der Waals surface area contributed by atoms with Crippen molar-refractivity contribution in [3.63, 3.8) is 0 Å². The van der Waals surface area contributed by atoms with E-state index in [4.69, 9.17) is 11.6 Å². The van der Waals surface area contributed by atoms with Gasteiger partial charge in [0.25, 0.3) is 0 Å². The molecule has 0 bridgehead atoms. The molecule has 0 spiro atoms. The maximum absolute atomic E-state index is 5.90. The summed E-state index contributed by atoms with van der Waals surface area (Å²) in [6, 6.07) is 1.89. The number of piperazine rings is 1. The third-order valence-corrected chi connectivity index (χ3v) is 3.63. The van der Waals surface area contributed by atoms with Crippen LogP contribution in [0.25, 0.3) is 0 Å².